The number of hydrogen-bond acceptors (Lipinski definition) is 3. The van der Waals surface area contributed by atoms with Gasteiger partial charge < -0.3 is 10.3 Å². The highest BCUT2D eigenvalue weighted by atomic mass is 32.2. The van der Waals surface area contributed by atoms with Crippen LogP contribution in [0.1, 0.15) is 24.0 Å². The van der Waals surface area contributed by atoms with Crippen LogP contribution in [-0.4, -0.2) is 36.2 Å². The third-order valence-corrected chi connectivity index (χ3v) is 7.71. The summed E-state index contributed by atoms with van der Waals surface area (Å²) in [7, 11) is -3.60. The Hall–Kier alpha value is -2.64. The lowest BCUT2D eigenvalue weighted by atomic mass is 10.0. The lowest BCUT2D eigenvalue weighted by Gasteiger charge is -2.24. The van der Waals surface area contributed by atoms with Crippen LogP contribution < -0.4 is 5.32 Å². The molecule has 2 N–H and O–H groups in total. The van der Waals surface area contributed by atoms with E-state index in [-0.39, 0.29) is 23.3 Å². The summed E-state index contributed by atoms with van der Waals surface area (Å²) < 4.78 is 28.3. The second kappa shape index (κ2) is 6.46. The van der Waals surface area contributed by atoms with Crippen LogP contribution in [0.3, 0.4) is 0 Å². The predicted molar refractivity (Wildman–Crippen MR) is 108 cm³/mol. The number of benzene rings is 2. The Morgan fingerprint density at radius 2 is 2.00 bits per heavy atom. The largest absolute Gasteiger partial charge is 0.361 e. The molecule has 1 fully saturated rings. The summed E-state index contributed by atoms with van der Waals surface area (Å²) >= 11 is 0. The standard InChI is InChI=1S/C21H21N3O3S/c25-21-12-14-11-17(7-8-19(14)23-21)28(26,27)24-9-3-4-16(24)10-15-13-22-20-6-2-1-5-18(15)20/h1-2,5-8,11,13,16,22H,3-4,9-10,12H2,(H,23,25). The SMILES string of the molecule is O=C1Cc2cc(S(=O)(=O)N3CCCC3Cc3c[nH]c4ccccc34)ccc2N1. The zero-order valence-corrected chi connectivity index (χ0v) is 16.1. The molecule has 3 aromatic rings. The number of carbonyl (C=O) groups is 1. The Kier molecular flexibility index (Phi) is 4.03. The van der Waals surface area contributed by atoms with Crippen molar-refractivity contribution < 1.29 is 13.2 Å². The van der Waals surface area contributed by atoms with Crippen molar-refractivity contribution in [3.63, 3.8) is 0 Å². The number of nitrogens with zero attached hydrogens (tertiary/aromatic N) is 1. The molecule has 6 nitrogen and oxygen atoms in total. The molecular formula is C21H21N3O3S. The topological polar surface area (TPSA) is 82.3 Å². The van der Waals surface area contributed by atoms with Crippen LogP contribution in [-0.2, 0) is 27.7 Å². The monoisotopic (exact) mass is 395 g/mol. The fraction of sp³-hybridized carbons (Fsp3) is 0.286. The summed E-state index contributed by atoms with van der Waals surface area (Å²) in [5.74, 6) is -0.0945. The molecule has 7 heteroatoms. The average molecular weight is 395 g/mol. The Bertz CT molecular complexity index is 1180. The number of rotatable bonds is 4. The van der Waals surface area contributed by atoms with E-state index in [0.29, 0.717) is 18.7 Å². The quantitative estimate of drug-likeness (QED) is 0.712. The van der Waals surface area contributed by atoms with Gasteiger partial charge in [0.25, 0.3) is 0 Å². The second-order valence-electron chi connectivity index (χ2n) is 7.52. The summed E-state index contributed by atoms with van der Waals surface area (Å²) in [6, 6.07) is 13.0. The number of carbonyl (C=O) groups excluding carboxylic acids is 1. The number of aromatic nitrogens is 1. The number of anilines is 1. The minimum Gasteiger partial charge on any atom is -0.361 e. The molecule has 2 aliphatic rings. The van der Waals surface area contributed by atoms with E-state index in [9.17, 15) is 13.2 Å². The van der Waals surface area contributed by atoms with Crippen molar-refractivity contribution in [3.05, 3.63) is 59.8 Å². The molecule has 1 atom stereocenters. The third kappa shape index (κ3) is 2.82. The lowest BCUT2D eigenvalue weighted by molar-refractivity contribution is -0.115. The van der Waals surface area contributed by atoms with Gasteiger partial charge in [0.05, 0.1) is 11.3 Å². The van der Waals surface area contributed by atoms with E-state index in [4.69, 9.17) is 0 Å². The molecule has 0 saturated carbocycles. The molecule has 3 heterocycles. The van der Waals surface area contributed by atoms with Gasteiger partial charge in [0.2, 0.25) is 15.9 Å². The Balaban J connectivity index is 1.44. The predicted octanol–water partition coefficient (Wildman–Crippen LogP) is 3.06. The fourth-order valence-corrected chi connectivity index (χ4v) is 6.13. The van der Waals surface area contributed by atoms with E-state index in [1.54, 1.807) is 22.5 Å². The zero-order chi connectivity index (χ0) is 19.3. The van der Waals surface area contributed by atoms with Crippen molar-refractivity contribution in [1.29, 1.82) is 0 Å². The first-order valence-corrected chi connectivity index (χ1v) is 11.0. The number of para-hydroxylation sites is 1. The van der Waals surface area contributed by atoms with Gasteiger partial charge in [0.15, 0.2) is 0 Å². The van der Waals surface area contributed by atoms with E-state index >= 15 is 0 Å². The summed E-state index contributed by atoms with van der Waals surface area (Å²) in [5.41, 5.74) is 3.67. The molecule has 0 radical (unpaired) electrons. The van der Waals surface area contributed by atoms with E-state index in [1.165, 1.54) is 0 Å². The number of fused-ring (bicyclic) bond motifs is 2. The fourth-order valence-electron chi connectivity index (χ4n) is 4.39. The van der Waals surface area contributed by atoms with Crippen molar-refractivity contribution in [2.24, 2.45) is 0 Å². The molecular weight excluding hydrogens is 374 g/mol. The molecule has 2 aromatic carbocycles. The van der Waals surface area contributed by atoms with Gasteiger partial charge in [-0.25, -0.2) is 8.42 Å². The summed E-state index contributed by atoms with van der Waals surface area (Å²) in [6.07, 6.45) is 4.62. The van der Waals surface area contributed by atoms with Crippen molar-refractivity contribution in [3.8, 4) is 0 Å². The Morgan fingerprint density at radius 3 is 2.89 bits per heavy atom. The number of hydrogen-bond donors (Lipinski definition) is 2. The molecule has 28 heavy (non-hydrogen) atoms. The highest BCUT2D eigenvalue weighted by molar-refractivity contribution is 7.89. The highest BCUT2D eigenvalue weighted by Crippen LogP contribution is 2.32. The van der Waals surface area contributed by atoms with Crippen molar-refractivity contribution in [2.75, 3.05) is 11.9 Å². The highest BCUT2D eigenvalue weighted by Gasteiger charge is 2.36. The average Bonchev–Trinajstić information content (AvgIpc) is 3.39. The van der Waals surface area contributed by atoms with Crippen LogP contribution in [0.15, 0.2) is 53.6 Å². The maximum absolute atomic E-state index is 13.3. The van der Waals surface area contributed by atoms with E-state index in [0.717, 1.165) is 34.9 Å². The minimum absolute atomic E-state index is 0.0581. The Labute approximate surface area is 163 Å². The molecule has 1 aromatic heterocycles. The maximum atomic E-state index is 13.3. The lowest BCUT2D eigenvalue weighted by Crippen LogP contribution is -2.36. The van der Waals surface area contributed by atoms with Gasteiger partial charge >= 0.3 is 0 Å². The van der Waals surface area contributed by atoms with Crippen LogP contribution in [0.4, 0.5) is 5.69 Å². The van der Waals surface area contributed by atoms with Crippen LogP contribution in [0, 0.1) is 0 Å². The molecule has 0 aliphatic carbocycles. The van der Waals surface area contributed by atoms with E-state index < -0.39 is 10.0 Å². The number of amides is 1. The van der Waals surface area contributed by atoms with Gasteiger partial charge in [-0.1, -0.05) is 18.2 Å². The van der Waals surface area contributed by atoms with Crippen molar-refractivity contribution in [2.45, 2.75) is 36.6 Å². The number of H-pyrrole nitrogens is 1. The number of sulfonamides is 1. The summed E-state index contributed by atoms with van der Waals surface area (Å²) in [4.78, 5) is 15.1. The normalized spacial score (nSPS) is 19.9. The van der Waals surface area contributed by atoms with Gasteiger partial charge in [0.1, 0.15) is 0 Å². The molecule has 1 saturated heterocycles. The van der Waals surface area contributed by atoms with Crippen LogP contribution in [0.25, 0.3) is 10.9 Å². The maximum Gasteiger partial charge on any atom is 0.243 e. The first-order chi connectivity index (χ1) is 13.5. The number of aromatic amines is 1. The van der Waals surface area contributed by atoms with Crippen LogP contribution in [0.2, 0.25) is 0 Å². The Morgan fingerprint density at radius 1 is 1.14 bits per heavy atom. The van der Waals surface area contributed by atoms with E-state index in [1.807, 2.05) is 24.4 Å². The van der Waals surface area contributed by atoms with Gasteiger partial charge in [0, 0.05) is 35.4 Å². The zero-order valence-electron chi connectivity index (χ0n) is 15.3. The molecule has 1 unspecified atom stereocenters. The van der Waals surface area contributed by atoms with Crippen molar-refractivity contribution >= 4 is 32.5 Å². The number of nitrogens with one attached hydrogen (secondary N) is 2. The molecule has 0 bridgehead atoms. The van der Waals surface area contributed by atoms with Crippen molar-refractivity contribution in [1.82, 2.24) is 9.29 Å². The molecule has 5 rings (SSSR count). The second-order valence-corrected chi connectivity index (χ2v) is 9.41. The minimum atomic E-state index is -3.60. The third-order valence-electron chi connectivity index (χ3n) is 5.76. The van der Waals surface area contributed by atoms with E-state index in [2.05, 4.69) is 16.4 Å². The molecule has 0 spiro atoms. The smallest absolute Gasteiger partial charge is 0.243 e. The molecule has 144 valence electrons. The van der Waals surface area contributed by atoms with Gasteiger partial charge in [-0.2, -0.15) is 4.31 Å². The van der Waals surface area contributed by atoms with Crippen LogP contribution in [0.5, 0.6) is 0 Å². The molecule has 1 amide bonds. The van der Waals surface area contributed by atoms with Crippen LogP contribution >= 0.6 is 0 Å². The first-order valence-electron chi connectivity index (χ1n) is 9.52. The van der Waals surface area contributed by atoms with Gasteiger partial charge in [-0.05, 0) is 54.7 Å². The van der Waals surface area contributed by atoms with Gasteiger partial charge in [-0.15, -0.1) is 0 Å². The van der Waals surface area contributed by atoms with Gasteiger partial charge in [-0.3, -0.25) is 4.79 Å². The summed E-state index contributed by atoms with van der Waals surface area (Å²) in [5, 5.41) is 3.90. The molecule has 2 aliphatic heterocycles. The summed E-state index contributed by atoms with van der Waals surface area (Å²) in [6.45, 7) is 0.531. The first kappa shape index (κ1) is 17.5.